The van der Waals surface area contributed by atoms with Crippen molar-refractivity contribution >= 4 is 18.0 Å². The number of esters is 2. The molecule has 2 unspecified atom stereocenters. The van der Waals surface area contributed by atoms with Gasteiger partial charge in [0, 0.05) is 11.8 Å². The third-order valence-electron chi connectivity index (χ3n) is 8.88. The molecular weight excluding hydrogens is 414 g/mol. The van der Waals surface area contributed by atoms with Crippen LogP contribution in [0.25, 0.3) is 0 Å². The second-order valence-electron chi connectivity index (χ2n) is 9.72. The molecule has 0 aromatic heterocycles. The minimum absolute atomic E-state index is 0.109. The molecule has 5 fully saturated rings. The van der Waals surface area contributed by atoms with Gasteiger partial charge in [-0.3, -0.25) is 14.5 Å². The van der Waals surface area contributed by atoms with Gasteiger partial charge < -0.3 is 18.9 Å². The van der Waals surface area contributed by atoms with Crippen molar-refractivity contribution in [3.63, 3.8) is 0 Å². The Bertz CT molecular complexity index is 1100. The molecular formula is C24H19NO7. The molecule has 32 heavy (non-hydrogen) atoms. The number of rotatable bonds is 2. The second kappa shape index (κ2) is 5.32. The van der Waals surface area contributed by atoms with Crippen LogP contribution in [0.5, 0.6) is 0 Å². The van der Waals surface area contributed by atoms with Gasteiger partial charge in [-0.05, 0) is 5.56 Å². The first-order valence-electron chi connectivity index (χ1n) is 11.0. The summed E-state index contributed by atoms with van der Waals surface area (Å²) in [5.74, 6) is -1.39. The van der Waals surface area contributed by atoms with Crippen molar-refractivity contribution in [3.05, 3.63) is 60.2 Å². The maximum atomic E-state index is 13.6. The van der Waals surface area contributed by atoms with Gasteiger partial charge in [0.05, 0.1) is 36.5 Å². The summed E-state index contributed by atoms with van der Waals surface area (Å²) in [5.41, 5.74) is -1.62. The largest absolute Gasteiger partial charge is 0.445 e. The predicted molar refractivity (Wildman–Crippen MR) is 105 cm³/mol. The molecule has 0 spiro atoms. The molecule has 1 aromatic rings. The quantitative estimate of drug-likeness (QED) is 0.395. The average molecular weight is 433 g/mol. The zero-order chi connectivity index (χ0) is 21.4. The van der Waals surface area contributed by atoms with Crippen LogP contribution in [0.2, 0.25) is 0 Å². The van der Waals surface area contributed by atoms with Crippen LogP contribution in [-0.4, -0.2) is 59.4 Å². The van der Waals surface area contributed by atoms with Crippen LogP contribution < -0.4 is 0 Å². The normalized spacial score (nSPS) is 49.6. The summed E-state index contributed by atoms with van der Waals surface area (Å²) >= 11 is 0. The van der Waals surface area contributed by atoms with Crippen LogP contribution >= 0.6 is 0 Å². The summed E-state index contributed by atoms with van der Waals surface area (Å²) in [5, 5.41) is 0. The number of nitrogens with zero attached hydrogens (tertiary/aromatic N) is 1. The van der Waals surface area contributed by atoms with E-state index in [4.69, 9.17) is 18.9 Å². The van der Waals surface area contributed by atoms with Gasteiger partial charge in [-0.1, -0.05) is 54.6 Å². The van der Waals surface area contributed by atoms with Crippen LogP contribution in [0.1, 0.15) is 5.56 Å². The van der Waals surface area contributed by atoms with Crippen LogP contribution in [0.3, 0.4) is 0 Å². The Morgan fingerprint density at radius 1 is 0.875 bits per heavy atom. The summed E-state index contributed by atoms with van der Waals surface area (Å²) in [6.07, 6.45) is 5.57. The van der Waals surface area contributed by atoms with E-state index in [9.17, 15) is 14.4 Å². The Hall–Kier alpha value is -2.97. The van der Waals surface area contributed by atoms with E-state index < -0.39 is 53.2 Å². The SMILES string of the molecule is O=C(OCc1ccccc1)N1[C@H]2C3C([C@H]4C=C[C@@H]3O4)[C@@H]1[C@]13C(=O)OC(=O)[C@]21[C@@H]1C=C[C@H]3O1. The van der Waals surface area contributed by atoms with E-state index in [0.29, 0.717) is 0 Å². The van der Waals surface area contributed by atoms with Crippen molar-refractivity contribution in [1.29, 1.82) is 0 Å². The second-order valence-corrected chi connectivity index (χ2v) is 9.72. The van der Waals surface area contributed by atoms with Gasteiger partial charge in [-0.2, -0.15) is 0 Å². The highest BCUT2D eigenvalue weighted by molar-refractivity contribution is 6.07. The van der Waals surface area contributed by atoms with Gasteiger partial charge >= 0.3 is 18.0 Å². The highest BCUT2D eigenvalue weighted by Gasteiger charge is 2.95. The Morgan fingerprint density at radius 2 is 1.47 bits per heavy atom. The minimum atomic E-state index is -1.25. The first-order valence-corrected chi connectivity index (χ1v) is 11.0. The molecule has 8 nitrogen and oxygen atoms in total. The fraction of sp³-hybridized carbons (Fsp3) is 0.458. The minimum Gasteiger partial charge on any atom is -0.445 e. The number of carbonyl (C=O) groups is 3. The lowest BCUT2D eigenvalue weighted by molar-refractivity contribution is -0.163. The van der Waals surface area contributed by atoms with Crippen LogP contribution in [0.4, 0.5) is 4.79 Å². The zero-order valence-corrected chi connectivity index (χ0v) is 16.8. The van der Waals surface area contributed by atoms with E-state index in [1.807, 2.05) is 54.6 Å². The lowest BCUT2D eigenvalue weighted by Gasteiger charge is -2.45. The molecule has 1 amide bonds. The molecule has 8 rings (SSSR count). The van der Waals surface area contributed by atoms with E-state index in [-0.39, 0.29) is 30.7 Å². The van der Waals surface area contributed by atoms with E-state index >= 15 is 0 Å². The standard InChI is InChI=1S/C24H19NO7/c26-20-23-14-8-9-15(31-14)24(23,21(27)32-20)19-17-13-7-6-12(30-13)16(17)18(23)25(19)22(28)29-10-11-4-2-1-3-5-11/h1-9,12-19H,10H2/t12-,13+,14-,15+,16?,17?,18-,19+,23-,24+. The first-order chi connectivity index (χ1) is 15.6. The van der Waals surface area contributed by atoms with Gasteiger partial charge in [-0.15, -0.1) is 0 Å². The van der Waals surface area contributed by atoms with Crippen LogP contribution in [0.15, 0.2) is 54.6 Å². The number of carbonyl (C=O) groups excluding carboxylic acids is 3. The maximum absolute atomic E-state index is 13.6. The summed E-state index contributed by atoms with van der Waals surface area (Å²) in [7, 11) is 0. The third-order valence-corrected chi connectivity index (χ3v) is 8.88. The Morgan fingerprint density at radius 3 is 2.06 bits per heavy atom. The van der Waals surface area contributed by atoms with Gasteiger partial charge in [0.15, 0.2) is 0 Å². The smallest absolute Gasteiger partial charge is 0.410 e. The van der Waals surface area contributed by atoms with Gasteiger partial charge in [0.25, 0.3) is 0 Å². The van der Waals surface area contributed by atoms with Crippen LogP contribution in [-0.2, 0) is 35.1 Å². The number of ether oxygens (including phenoxy) is 4. The van der Waals surface area contributed by atoms with Gasteiger partial charge in [0.2, 0.25) is 0 Å². The Balaban J connectivity index is 1.27. The molecule has 0 aliphatic carbocycles. The molecule has 7 aliphatic heterocycles. The molecule has 7 heterocycles. The van der Waals surface area contributed by atoms with Crippen LogP contribution in [0, 0.1) is 22.7 Å². The van der Waals surface area contributed by atoms with E-state index in [2.05, 4.69) is 0 Å². The van der Waals surface area contributed by atoms with Crippen molar-refractivity contribution in [2.75, 3.05) is 0 Å². The number of benzene rings is 1. The summed E-state index contributed by atoms with van der Waals surface area (Å²) in [4.78, 5) is 42.0. The molecule has 0 saturated carbocycles. The maximum Gasteiger partial charge on any atom is 0.410 e. The zero-order valence-electron chi connectivity index (χ0n) is 16.8. The third kappa shape index (κ3) is 1.54. The summed E-state index contributed by atoms with van der Waals surface area (Å²) in [6.45, 7) is 0.118. The number of amides is 1. The first kappa shape index (κ1) is 17.6. The Labute approximate surface area is 182 Å². The molecule has 162 valence electrons. The molecule has 1 aromatic carbocycles. The lowest BCUT2D eigenvalue weighted by Crippen LogP contribution is -2.63. The monoisotopic (exact) mass is 433 g/mol. The van der Waals surface area contributed by atoms with Crippen molar-refractivity contribution in [1.82, 2.24) is 4.90 Å². The molecule has 8 heteroatoms. The molecule has 0 N–H and O–H groups in total. The van der Waals surface area contributed by atoms with Crippen molar-refractivity contribution < 1.29 is 33.3 Å². The fourth-order valence-corrected chi connectivity index (χ4v) is 8.09. The molecule has 10 atom stereocenters. The summed E-state index contributed by atoms with van der Waals surface area (Å²) in [6, 6.07) is 8.28. The van der Waals surface area contributed by atoms with Gasteiger partial charge in [0.1, 0.15) is 17.4 Å². The predicted octanol–water partition coefficient (Wildman–Crippen LogP) is 1.35. The van der Waals surface area contributed by atoms with Crippen molar-refractivity contribution in [2.24, 2.45) is 22.7 Å². The van der Waals surface area contributed by atoms with Gasteiger partial charge in [-0.25, -0.2) is 4.79 Å². The number of fused-ring (bicyclic) bond motifs is 11. The molecule has 6 bridgehead atoms. The number of hydrogen-bond acceptors (Lipinski definition) is 7. The van der Waals surface area contributed by atoms with E-state index in [0.717, 1.165) is 5.56 Å². The van der Waals surface area contributed by atoms with E-state index in [1.54, 1.807) is 4.90 Å². The molecule has 7 aliphatic rings. The lowest BCUT2D eigenvalue weighted by atomic mass is 9.47. The highest BCUT2D eigenvalue weighted by Crippen LogP contribution is 2.78. The van der Waals surface area contributed by atoms with Crippen molar-refractivity contribution in [2.45, 2.75) is 43.1 Å². The number of cyclic esters (lactones) is 2. The highest BCUT2D eigenvalue weighted by atomic mass is 16.6. The summed E-state index contributed by atoms with van der Waals surface area (Å²) < 4.78 is 23.3. The fourth-order valence-electron chi connectivity index (χ4n) is 8.09. The van der Waals surface area contributed by atoms with Crippen molar-refractivity contribution in [3.8, 4) is 0 Å². The van der Waals surface area contributed by atoms with E-state index in [1.165, 1.54) is 0 Å². The number of hydrogen-bond donors (Lipinski definition) is 0. The average Bonchev–Trinajstić information content (AvgIpc) is 3.62. The Kier molecular flexibility index (Phi) is 2.92. The molecule has 5 saturated heterocycles. The molecule has 0 radical (unpaired) electrons. The topological polar surface area (TPSA) is 91.4 Å².